The normalized spacial score (nSPS) is 11.2. The third-order valence-electron chi connectivity index (χ3n) is 3.28. The van der Waals surface area contributed by atoms with Gasteiger partial charge in [-0.2, -0.15) is 0 Å². The Morgan fingerprint density at radius 1 is 1.17 bits per heavy atom. The van der Waals surface area contributed by atoms with Gasteiger partial charge in [0, 0.05) is 17.3 Å². The quantitative estimate of drug-likeness (QED) is 0.488. The molecule has 2 rings (SSSR count). The molecule has 0 saturated carbocycles. The number of nitrogens with zero attached hydrogens (tertiary/aromatic N) is 1. The lowest BCUT2D eigenvalue weighted by Gasteiger charge is -2.13. The predicted octanol–water partition coefficient (Wildman–Crippen LogP) is 3.89. The Hall–Kier alpha value is -2.54. The Kier molecular flexibility index (Phi) is 5.81. The predicted molar refractivity (Wildman–Crippen MR) is 97.8 cm³/mol. The van der Waals surface area contributed by atoms with Crippen molar-refractivity contribution in [1.82, 2.24) is 0 Å². The lowest BCUT2D eigenvalue weighted by molar-refractivity contribution is 0.373. The molecule has 0 fully saturated rings. The number of hydrogen-bond donors (Lipinski definition) is 2. The maximum Gasteiger partial charge on any atom is 0.174 e. The van der Waals surface area contributed by atoms with Gasteiger partial charge in [0.05, 0.1) is 19.9 Å². The number of nitrogen functional groups attached to an aromatic ring is 1. The largest absolute Gasteiger partial charge is 0.497 e. The molecule has 24 heavy (non-hydrogen) atoms. The molecule has 0 saturated heterocycles. The van der Waals surface area contributed by atoms with Crippen LogP contribution in [0.1, 0.15) is 5.56 Å². The van der Waals surface area contributed by atoms with Gasteiger partial charge in [-0.25, -0.2) is 9.38 Å². The Morgan fingerprint density at radius 2 is 1.83 bits per heavy atom. The van der Waals surface area contributed by atoms with Crippen LogP contribution in [0, 0.1) is 11.2 Å². The van der Waals surface area contributed by atoms with Crippen molar-refractivity contribution in [3.8, 4) is 11.5 Å². The number of methoxy groups -OCH3 is 2. The van der Waals surface area contributed by atoms with Crippen LogP contribution < -0.4 is 15.2 Å². The van der Waals surface area contributed by atoms with Gasteiger partial charge in [-0.1, -0.05) is 0 Å². The fraction of sp³-hybridized carbons (Fsp3) is 0.176. The minimum Gasteiger partial charge on any atom is -0.497 e. The van der Waals surface area contributed by atoms with Gasteiger partial charge in [0.25, 0.3) is 0 Å². The first-order valence-electron chi connectivity index (χ1n) is 6.99. The topological polar surface area (TPSA) is 80.7 Å². The second-order valence-corrected chi connectivity index (χ2v) is 5.59. The molecule has 0 heterocycles. The summed E-state index contributed by atoms with van der Waals surface area (Å²) in [6.45, 7) is 0. The molecule has 0 aromatic heterocycles. The molecule has 3 N–H and O–H groups in total. The number of nitrogens with two attached hydrogens (primary N) is 1. The molecule has 0 atom stereocenters. The molecule has 0 aliphatic rings. The van der Waals surface area contributed by atoms with Crippen LogP contribution in [0.2, 0.25) is 0 Å². The second kappa shape index (κ2) is 7.83. The lowest BCUT2D eigenvalue weighted by atomic mass is 10.1. The molecule has 0 amide bonds. The van der Waals surface area contributed by atoms with Crippen molar-refractivity contribution in [3.63, 3.8) is 0 Å². The van der Waals surface area contributed by atoms with E-state index >= 15 is 0 Å². The second-order valence-electron chi connectivity index (χ2n) is 4.78. The minimum absolute atomic E-state index is 0.0308. The minimum atomic E-state index is -0.591. The van der Waals surface area contributed by atoms with Gasteiger partial charge in [-0.3, -0.25) is 5.41 Å². The van der Waals surface area contributed by atoms with Crippen LogP contribution in [0.15, 0.2) is 41.4 Å². The third-order valence-corrected chi connectivity index (χ3v) is 3.88. The first kappa shape index (κ1) is 17.8. The molecular formula is C17H18FN3O2S. The summed E-state index contributed by atoms with van der Waals surface area (Å²) in [6.07, 6.45) is 1.73. The molecule has 0 radical (unpaired) electrons. The first-order valence-corrected chi connectivity index (χ1v) is 8.21. The maximum atomic E-state index is 14.7. The van der Waals surface area contributed by atoms with Crippen LogP contribution in [0.5, 0.6) is 11.5 Å². The molecule has 0 bridgehead atoms. The van der Waals surface area contributed by atoms with Gasteiger partial charge in [-0.15, -0.1) is 11.8 Å². The Balaban J connectivity index is 2.64. The Bertz CT molecular complexity index is 776. The van der Waals surface area contributed by atoms with Crippen molar-refractivity contribution in [2.24, 2.45) is 4.99 Å². The van der Waals surface area contributed by atoms with E-state index in [1.807, 2.05) is 0 Å². The summed E-state index contributed by atoms with van der Waals surface area (Å²) in [6, 6.07) is 9.75. The summed E-state index contributed by atoms with van der Waals surface area (Å²) < 4.78 is 25.0. The summed E-state index contributed by atoms with van der Waals surface area (Å²) in [5.74, 6) is -0.142. The van der Waals surface area contributed by atoms with Gasteiger partial charge in [-0.05, 0) is 36.6 Å². The molecule has 5 nitrogen and oxygen atoms in total. The van der Waals surface area contributed by atoms with Crippen LogP contribution in [-0.4, -0.2) is 31.2 Å². The van der Waals surface area contributed by atoms with Crippen LogP contribution in [-0.2, 0) is 0 Å². The van der Waals surface area contributed by atoms with Crippen molar-refractivity contribution in [3.05, 3.63) is 47.8 Å². The molecule has 0 spiro atoms. The SMILES string of the molecule is COc1cc(OC)c(F)c(/C(=N\c2ccc(N)cc2)C(=N)SC)c1. The van der Waals surface area contributed by atoms with Crippen molar-refractivity contribution in [2.75, 3.05) is 26.2 Å². The van der Waals surface area contributed by atoms with Crippen LogP contribution in [0.3, 0.4) is 0 Å². The third kappa shape index (κ3) is 3.86. The van der Waals surface area contributed by atoms with E-state index in [4.69, 9.17) is 20.6 Å². The van der Waals surface area contributed by atoms with Gasteiger partial charge in [0.15, 0.2) is 11.6 Å². The number of aliphatic imine (C=N–C) groups is 1. The van der Waals surface area contributed by atoms with Gasteiger partial charge >= 0.3 is 0 Å². The molecule has 0 unspecified atom stereocenters. The summed E-state index contributed by atoms with van der Waals surface area (Å²) in [5.41, 5.74) is 7.17. The molecule has 7 heteroatoms. The van der Waals surface area contributed by atoms with E-state index in [-0.39, 0.29) is 22.1 Å². The highest BCUT2D eigenvalue weighted by atomic mass is 32.2. The van der Waals surface area contributed by atoms with Crippen LogP contribution in [0.25, 0.3) is 0 Å². The molecule has 126 valence electrons. The molecular weight excluding hydrogens is 329 g/mol. The van der Waals surface area contributed by atoms with E-state index < -0.39 is 5.82 Å². The van der Waals surface area contributed by atoms with Gasteiger partial charge < -0.3 is 15.2 Å². The molecule has 2 aromatic carbocycles. The molecule has 0 aliphatic carbocycles. The number of nitrogens with one attached hydrogen (secondary N) is 1. The van der Waals surface area contributed by atoms with Gasteiger partial charge in [0.2, 0.25) is 0 Å². The zero-order chi connectivity index (χ0) is 17.7. The summed E-state index contributed by atoms with van der Waals surface area (Å²) >= 11 is 1.17. The van der Waals surface area contributed by atoms with Crippen molar-refractivity contribution >= 4 is 33.9 Å². The number of hydrogen-bond acceptors (Lipinski definition) is 6. The monoisotopic (exact) mass is 347 g/mol. The summed E-state index contributed by atoms with van der Waals surface area (Å²) in [7, 11) is 2.85. The Morgan fingerprint density at radius 3 is 2.38 bits per heavy atom. The standard InChI is InChI=1S/C17H18FN3O2S/c1-22-12-8-13(15(18)14(9-12)23-2)16(17(20)24-3)21-11-6-4-10(19)5-7-11/h4-9,20H,19H2,1-3H3/b20-17?,21-16+. The molecule has 0 aliphatic heterocycles. The van der Waals surface area contributed by atoms with E-state index in [0.29, 0.717) is 17.1 Å². The van der Waals surface area contributed by atoms with E-state index in [0.717, 1.165) is 0 Å². The number of ether oxygens (including phenoxy) is 2. The van der Waals surface area contributed by atoms with E-state index in [2.05, 4.69) is 4.99 Å². The number of benzene rings is 2. The lowest BCUT2D eigenvalue weighted by Crippen LogP contribution is -2.14. The summed E-state index contributed by atoms with van der Waals surface area (Å²) in [4.78, 5) is 4.42. The van der Waals surface area contributed by atoms with Crippen LogP contribution >= 0.6 is 11.8 Å². The van der Waals surface area contributed by atoms with Gasteiger partial charge in [0.1, 0.15) is 16.5 Å². The maximum absolute atomic E-state index is 14.7. The smallest absolute Gasteiger partial charge is 0.174 e. The Labute approximate surface area is 144 Å². The van der Waals surface area contributed by atoms with Crippen molar-refractivity contribution in [2.45, 2.75) is 0 Å². The fourth-order valence-corrected chi connectivity index (χ4v) is 2.37. The fourth-order valence-electron chi connectivity index (χ4n) is 2.02. The number of thioether (sulfide) groups is 1. The highest BCUT2D eigenvalue weighted by Crippen LogP contribution is 2.29. The first-order chi connectivity index (χ1) is 11.5. The highest BCUT2D eigenvalue weighted by Gasteiger charge is 2.20. The van der Waals surface area contributed by atoms with E-state index in [1.165, 1.54) is 38.1 Å². The van der Waals surface area contributed by atoms with E-state index in [1.54, 1.807) is 30.5 Å². The highest BCUT2D eigenvalue weighted by molar-refractivity contribution is 8.15. The zero-order valence-corrected chi connectivity index (χ0v) is 14.4. The van der Waals surface area contributed by atoms with Crippen LogP contribution in [0.4, 0.5) is 15.8 Å². The summed E-state index contributed by atoms with van der Waals surface area (Å²) in [5, 5.41) is 8.26. The average Bonchev–Trinajstić information content (AvgIpc) is 2.61. The number of rotatable bonds is 5. The van der Waals surface area contributed by atoms with Crippen molar-refractivity contribution < 1.29 is 13.9 Å². The van der Waals surface area contributed by atoms with Crippen molar-refractivity contribution in [1.29, 1.82) is 5.41 Å². The number of halogens is 1. The van der Waals surface area contributed by atoms with E-state index in [9.17, 15) is 4.39 Å². The molecule has 2 aromatic rings. The number of anilines is 1. The average molecular weight is 347 g/mol. The zero-order valence-electron chi connectivity index (χ0n) is 13.6.